The first-order valence-corrected chi connectivity index (χ1v) is 6.89. The molecular formula is C12H7BrN2O4S. The third-order valence-electron chi connectivity index (χ3n) is 2.29. The molecule has 6 nitrogen and oxygen atoms in total. The number of nitro groups is 1. The largest absolute Gasteiger partial charge is 0.478 e. The van der Waals surface area contributed by atoms with Crippen LogP contribution >= 0.6 is 27.7 Å². The average Bonchev–Trinajstić information content (AvgIpc) is 2.38. The maximum absolute atomic E-state index is 11.0. The molecular weight excluding hydrogens is 348 g/mol. The Kier molecular flexibility index (Phi) is 4.35. The fourth-order valence-electron chi connectivity index (χ4n) is 1.41. The highest BCUT2D eigenvalue weighted by Gasteiger charge is 2.19. The van der Waals surface area contributed by atoms with Gasteiger partial charge in [-0.2, -0.15) is 0 Å². The maximum Gasteiger partial charge on any atom is 0.337 e. The van der Waals surface area contributed by atoms with Crippen LogP contribution < -0.4 is 0 Å². The van der Waals surface area contributed by atoms with Gasteiger partial charge in [-0.25, -0.2) is 9.78 Å². The maximum atomic E-state index is 11.0. The van der Waals surface area contributed by atoms with Gasteiger partial charge in [-0.05, 0) is 18.2 Å². The number of nitrogens with zero attached hydrogens (tertiary/aromatic N) is 2. The molecule has 102 valence electrons. The van der Waals surface area contributed by atoms with Crippen LogP contribution in [0.2, 0.25) is 0 Å². The molecule has 0 unspecified atom stereocenters. The van der Waals surface area contributed by atoms with Crippen LogP contribution in [0.25, 0.3) is 0 Å². The lowest BCUT2D eigenvalue weighted by Crippen LogP contribution is -2.01. The van der Waals surface area contributed by atoms with Crippen molar-refractivity contribution >= 4 is 39.3 Å². The molecule has 8 heteroatoms. The van der Waals surface area contributed by atoms with Crippen LogP contribution in [0.15, 0.2) is 50.9 Å². The van der Waals surface area contributed by atoms with Crippen molar-refractivity contribution in [1.29, 1.82) is 0 Å². The summed E-state index contributed by atoms with van der Waals surface area (Å²) in [6, 6.07) is 8.21. The minimum atomic E-state index is -1.25. The predicted molar refractivity (Wildman–Crippen MR) is 76.1 cm³/mol. The molecule has 1 N–H and O–H groups in total. The number of carboxylic acid groups (broad SMARTS) is 1. The zero-order valence-corrected chi connectivity index (χ0v) is 12.2. The van der Waals surface area contributed by atoms with E-state index in [0.29, 0.717) is 0 Å². The number of rotatable bonds is 4. The van der Waals surface area contributed by atoms with Crippen molar-refractivity contribution < 1.29 is 14.8 Å². The molecule has 0 aliphatic carbocycles. The average molecular weight is 355 g/mol. The summed E-state index contributed by atoms with van der Waals surface area (Å²) in [5.74, 6) is -1.25. The quantitative estimate of drug-likeness (QED) is 0.665. The molecule has 0 bridgehead atoms. The molecule has 0 saturated heterocycles. The van der Waals surface area contributed by atoms with Crippen molar-refractivity contribution in [3.8, 4) is 0 Å². The first kappa shape index (κ1) is 14.5. The Bertz CT molecular complexity index is 693. The van der Waals surface area contributed by atoms with E-state index in [-0.39, 0.29) is 16.3 Å². The normalized spacial score (nSPS) is 10.2. The molecule has 0 aliphatic rings. The molecule has 1 aromatic heterocycles. The third kappa shape index (κ3) is 3.34. The van der Waals surface area contributed by atoms with Crippen LogP contribution in [-0.2, 0) is 0 Å². The highest BCUT2D eigenvalue weighted by Crippen LogP contribution is 2.34. The van der Waals surface area contributed by atoms with Crippen LogP contribution in [0, 0.1) is 10.1 Å². The summed E-state index contributed by atoms with van der Waals surface area (Å²) in [5.41, 5.74) is -0.537. The number of pyridine rings is 1. The van der Waals surface area contributed by atoms with E-state index >= 15 is 0 Å². The number of aromatic carboxylic acids is 1. The molecule has 2 rings (SSSR count). The molecule has 0 aliphatic heterocycles. The van der Waals surface area contributed by atoms with Crippen molar-refractivity contribution in [2.24, 2.45) is 0 Å². The molecule has 1 heterocycles. The van der Waals surface area contributed by atoms with Gasteiger partial charge in [0.1, 0.15) is 0 Å². The lowest BCUT2D eigenvalue weighted by atomic mass is 10.3. The van der Waals surface area contributed by atoms with E-state index < -0.39 is 10.9 Å². The second-order valence-corrected chi connectivity index (χ2v) is 5.65. The van der Waals surface area contributed by atoms with Crippen LogP contribution in [0.5, 0.6) is 0 Å². The summed E-state index contributed by atoms with van der Waals surface area (Å²) in [4.78, 5) is 25.8. The van der Waals surface area contributed by atoms with Gasteiger partial charge >= 0.3 is 11.7 Å². The monoisotopic (exact) mass is 354 g/mol. The predicted octanol–water partition coefficient (Wildman–Crippen LogP) is 3.60. The van der Waals surface area contributed by atoms with Crippen LogP contribution in [-0.4, -0.2) is 21.0 Å². The minimum Gasteiger partial charge on any atom is -0.478 e. The SMILES string of the molecule is O=C(O)c1cnc(Sc2cccc(Br)c2)c([N+](=O)[O-])c1. The second kappa shape index (κ2) is 6.02. The first-order chi connectivity index (χ1) is 9.47. The van der Waals surface area contributed by atoms with Crippen molar-refractivity contribution in [2.45, 2.75) is 9.92 Å². The van der Waals surface area contributed by atoms with Crippen molar-refractivity contribution in [2.75, 3.05) is 0 Å². The van der Waals surface area contributed by atoms with E-state index in [1.54, 1.807) is 18.2 Å². The van der Waals surface area contributed by atoms with Gasteiger partial charge in [0, 0.05) is 21.6 Å². The molecule has 0 spiro atoms. The Hall–Kier alpha value is -1.93. The standard InChI is InChI=1S/C12H7BrN2O4S/c13-8-2-1-3-9(5-8)20-11-10(15(18)19)4-7(6-14-11)12(16)17/h1-6H,(H,16,17). The number of halogens is 1. The number of aromatic nitrogens is 1. The van der Waals surface area contributed by atoms with Gasteiger partial charge in [-0.15, -0.1) is 0 Å². The molecule has 0 saturated carbocycles. The van der Waals surface area contributed by atoms with E-state index in [1.165, 1.54) is 0 Å². The van der Waals surface area contributed by atoms with Crippen molar-refractivity contribution in [3.63, 3.8) is 0 Å². The number of carboxylic acids is 1. The Morgan fingerprint density at radius 1 is 1.40 bits per heavy atom. The molecule has 0 atom stereocenters. The highest BCUT2D eigenvalue weighted by molar-refractivity contribution is 9.10. The third-order valence-corrected chi connectivity index (χ3v) is 3.78. The van der Waals surface area contributed by atoms with Gasteiger partial charge in [0.2, 0.25) is 0 Å². The fraction of sp³-hybridized carbons (Fsp3) is 0. The van der Waals surface area contributed by atoms with E-state index in [0.717, 1.165) is 33.4 Å². The number of carbonyl (C=O) groups is 1. The number of benzene rings is 1. The fourth-order valence-corrected chi connectivity index (χ4v) is 2.86. The molecule has 1 aromatic carbocycles. The summed E-state index contributed by atoms with van der Waals surface area (Å²) in [7, 11) is 0. The van der Waals surface area contributed by atoms with Crippen molar-refractivity contribution in [3.05, 3.63) is 56.7 Å². The van der Waals surface area contributed by atoms with Gasteiger partial charge < -0.3 is 5.11 Å². The Balaban J connectivity index is 2.41. The Labute approximate surface area is 126 Å². The van der Waals surface area contributed by atoms with E-state index in [1.807, 2.05) is 6.07 Å². The van der Waals surface area contributed by atoms with Crippen LogP contribution in [0.3, 0.4) is 0 Å². The van der Waals surface area contributed by atoms with Gasteiger partial charge in [0.25, 0.3) is 0 Å². The molecule has 20 heavy (non-hydrogen) atoms. The summed E-state index contributed by atoms with van der Waals surface area (Å²) < 4.78 is 0.840. The zero-order chi connectivity index (χ0) is 14.7. The summed E-state index contributed by atoms with van der Waals surface area (Å²) in [6.07, 6.45) is 1.11. The molecule has 2 aromatic rings. The lowest BCUT2D eigenvalue weighted by molar-refractivity contribution is -0.388. The Morgan fingerprint density at radius 2 is 2.15 bits per heavy atom. The molecule has 0 amide bonds. The minimum absolute atomic E-state index is 0.151. The van der Waals surface area contributed by atoms with E-state index in [9.17, 15) is 14.9 Å². The molecule has 0 fully saturated rings. The topological polar surface area (TPSA) is 93.3 Å². The van der Waals surface area contributed by atoms with Crippen LogP contribution in [0.4, 0.5) is 5.69 Å². The second-order valence-electron chi connectivity index (χ2n) is 3.67. The lowest BCUT2D eigenvalue weighted by Gasteiger charge is -2.03. The highest BCUT2D eigenvalue weighted by atomic mass is 79.9. The van der Waals surface area contributed by atoms with Gasteiger partial charge in [-0.1, -0.05) is 33.8 Å². The van der Waals surface area contributed by atoms with Gasteiger partial charge in [0.05, 0.1) is 10.5 Å². The van der Waals surface area contributed by atoms with Gasteiger partial charge in [-0.3, -0.25) is 10.1 Å². The van der Waals surface area contributed by atoms with E-state index in [2.05, 4.69) is 20.9 Å². The zero-order valence-electron chi connectivity index (χ0n) is 9.82. The van der Waals surface area contributed by atoms with Gasteiger partial charge in [0.15, 0.2) is 5.03 Å². The Morgan fingerprint density at radius 3 is 2.75 bits per heavy atom. The molecule has 0 radical (unpaired) electrons. The first-order valence-electron chi connectivity index (χ1n) is 5.28. The number of hydrogen-bond acceptors (Lipinski definition) is 5. The summed E-state index contributed by atoms with van der Waals surface area (Å²) in [5, 5.41) is 20.0. The smallest absolute Gasteiger partial charge is 0.337 e. The van der Waals surface area contributed by atoms with Crippen LogP contribution in [0.1, 0.15) is 10.4 Å². The van der Waals surface area contributed by atoms with E-state index in [4.69, 9.17) is 5.11 Å². The number of hydrogen-bond donors (Lipinski definition) is 1. The summed E-state index contributed by atoms with van der Waals surface area (Å²) >= 11 is 4.41. The van der Waals surface area contributed by atoms with Crippen molar-refractivity contribution in [1.82, 2.24) is 4.98 Å². The summed E-state index contributed by atoms with van der Waals surface area (Å²) in [6.45, 7) is 0.